The molecule has 0 radical (unpaired) electrons. The highest BCUT2D eigenvalue weighted by Gasteiger charge is 2.20. The Hall–Kier alpha value is -1.88. The number of fused-ring (bicyclic) bond motifs is 1. The Labute approximate surface area is 116 Å². The molecule has 0 aliphatic carbocycles. The third kappa shape index (κ3) is 2.33. The van der Waals surface area contributed by atoms with E-state index in [1.54, 1.807) is 0 Å². The van der Waals surface area contributed by atoms with Crippen molar-refractivity contribution in [1.29, 1.82) is 0 Å². The van der Waals surface area contributed by atoms with Crippen molar-refractivity contribution in [3.8, 4) is 0 Å². The number of alkyl halides is 1. The Balaban J connectivity index is 2.06. The molecule has 0 amide bonds. The van der Waals surface area contributed by atoms with Gasteiger partial charge in [0, 0.05) is 12.2 Å². The van der Waals surface area contributed by atoms with Crippen LogP contribution in [0.4, 0.5) is 17.6 Å². The van der Waals surface area contributed by atoms with E-state index in [1.807, 2.05) is 12.1 Å². The van der Waals surface area contributed by atoms with E-state index in [0.29, 0.717) is 11.8 Å². The first kappa shape index (κ1) is 12.2. The SMILES string of the molecule is Nc1nc(CCl)nc(N2CCCc3ccccc32)n1. The Kier molecular flexibility index (Phi) is 3.21. The van der Waals surface area contributed by atoms with Crippen molar-refractivity contribution in [2.24, 2.45) is 0 Å². The number of aryl methyl sites for hydroxylation is 1. The second kappa shape index (κ2) is 5.01. The van der Waals surface area contributed by atoms with Gasteiger partial charge in [0.05, 0.1) is 5.88 Å². The maximum atomic E-state index is 5.78. The summed E-state index contributed by atoms with van der Waals surface area (Å²) in [5, 5.41) is 0. The first-order chi connectivity index (χ1) is 9.28. The van der Waals surface area contributed by atoms with Gasteiger partial charge in [-0.3, -0.25) is 0 Å². The van der Waals surface area contributed by atoms with Gasteiger partial charge in [-0.2, -0.15) is 15.0 Å². The molecular formula is C13H14ClN5. The van der Waals surface area contributed by atoms with E-state index in [2.05, 4.69) is 32.0 Å². The zero-order chi connectivity index (χ0) is 13.2. The molecule has 1 aromatic carbocycles. The number of nitrogens with two attached hydrogens (primary N) is 1. The fourth-order valence-corrected chi connectivity index (χ4v) is 2.47. The van der Waals surface area contributed by atoms with E-state index in [4.69, 9.17) is 17.3 Å². The summed E-state index contributed by atoms with van der Waals surface area (Å²) in [6.07, 6.45) is 2.15. The fourth-order valence-electron chi connectivity index (χ4n) is 2.35. The summed E-state index contributed by atoms with van der Waals surface area (Å²) in [5.74, 6) is 1.53. The first-order valence-corrected chi connectivity index (χ1v) is 6.73. The highest BCUT2D eigenvalue weighted by molar-refractivity contribution is 6.16. The third-order valence-electron chi connectivity index (χ3n) is 3.16. The number of aromatic nitrogens is 3. The number of anilines is 3. The van der Waals surface area contributed by atoms with Crippen LogP contribution in [-0.4, -0.2) is 21.5 Å². The second-order valence-corrected chi connectivity index (χ2v) is 4.69. The standard InChI is InChI=1S/C13H14ClN5/c14-8-11-16-12(15)18-13(17-11)19-7-3-5-9-4-1-2-6-10(9)19/h1-2,4,6H,3,5,7-8H2,(H2,15,16,17,18). The number of para-hydroxylation sites is 1. The summed E-state index contributed by atoms with van der Waals surface area (Å²) in [5.41, 5.74) is 8.16. The van der Waals surface area contributed by atoms with E-state index >= 15 is 0 Å². The van der Waals surface area contributed by atoms with Crippen LogP contribution in [0.15, 0.2) is 24.3 Å². The number of halogens is 1. The minimum Gasteiger partial charge on any atom is -0.368 e. The Morgan fingerprint density at radius 1 is 1.21 bits per heavy atom. The van der Waals surface area contributed by atoms with E-state index in [0.717, 1.165) is 25.1 Å². The molecular weight excluding hydrogens is 262 g/mol. The molecule has 6 heteroatoms. The zero-order valence-corrected chi connectivity index (χ0v) is 11.1. The van der Waals surface area contributed by atoms with E-state index < -0.39 is 0 Å². The van der Waals surface area contributed by atoms with Crippen molar-refractivity contribution in [3.63, 3.8) is 0 Å². The van der Waals surface area contributed by atoms with Crippen molar-refractivity contribution in [2.45, 2.75) is 18.7 Å². The monoisotopic (exact) mass is 275 g/mol. The van der Waals surface area contributed by atoms with Gasteiger partial charge in [0.1, 0.15) is 0 Å². The van der Waals surface area contributed by atoms with E-state index in [9.17, 15) is 0 Å². The van der Waals surface area contributed by atoms with Crippen molar-refractivity contribution < 1.29 is 0 Å². The molecule has 1 aromatic heterocycles. The molecule has 2 aromatic rings. The van der Waals surface area contributed by atoms with Crippen LogP contribution < -0.4 is 10.6 Å². The molecule has 0 atom stereocenters. The van der Waals surface area contributed by atoms with Gasteiger partial charge in [-0.1, -0.05) is 18.2 Å². The van der Waals surface area contributed by atoms with Crippen LogP contribution in [0.5, 0.6) is 0 Å². The highest BCUT2D eigenvalue weighted by atomic mass is 35.5. The van der Waals surface area contributed by atoms with Crippen LogP contribution in [0.1, 0.15) is 17.8 Å². The molecule has 19 heavy (non-hydrogen) atoms. The molecule has 1 aliphatic heterocycles. The van der Waals surface area contributed by atoms with Crippen molar-refractivity contribution in [3.05, 3.63) is 35.7 Å². The first-order valence-electron chi connectivity index (χ1n) is 6.20. The number of hydrogen-bond acceptors (Lipinski definition) is 5. The van der Waals surface area contributed by atoms with Crippen molar-refractivity contribution >= 4 is 29.2 Å². The van der Waals surface area contributed by atoms with Gasteiger partial charge in [-0.15, -0.1) is 11.6 Å². The third-order valence-corrected chi connectivity index (χ3v) is 3.40. The summed E-state index contributed by atoms with van der Waals surface area (Å²) in [6.45, 7) is 0.877. The van der Waals surface area contributed by atoms with Crippen molar-refractivity contribution in [1.82, 2.24) is 15.0 Å². The minimum atomic E-state index is 0.212. The quantitative estimate of drug-likeness (QED) is 0.852. The number of benzene rings is 1. The highest BCUT2D eigenvalue weighted by Crippen LogP contribution is 2.31. The van der Waals surface area contributed by atoms with Gasteiger partial charge < -0.3 is 10.6 Å². The fraction of sp³-hybridized carbons (Fsp3) is 0.308. The molecule has 1 aliphatic rings. The lowest BCUT2D eigenvalue weighted by molar-refractivity contribution is 0.744. The van der Waals surface area contributed by atoms with Gasteiger partial charge in [-0.25, -0.2) is 0 Å². The zero-order valence-electron chi connectivity index (χ0n) is 10.4. The van der Waals surface area contributed by atoms with Crippen LogP contribution in [0.25, 0.3) is 0 Å². The van der Waals surface area contributed by atoms with Crippen LogP contribution >= 0.6 is 11.6 Å². The lowest BCUT2D eigenvalue weighted by Crippen LogP contribution is -2.27. The van der Waals surface area contributed by atoms with E-state index in [1.165, 1.54) is 5.56 Å². The van der Waals surface area contributed by atoms with Crippen LogP contribution in [-0.2, 0) is 12.3 Å². The molecule has 0 spiro atoms. The molecule has 0 saturated heterocycles. The Morgan fingerprint density at radius 2 is 2.05 bits per heavy atom. The van der Waals surface area contributed by atoms with Gasteiger partial charge >= 0.3 is 0 Å². The summed E-state index contributed by atoms with van der Waals surface area (Å²) in [7, 11) is 0. The molecule has 0 saturated carbocycles. The van der Waals surface area contributed by atoms with Gasteiger partial charge in [0.2, 0.25) is 11.9 Å². The number of hydrogen-bond donors (Lipinski definition) is 1. The van der Waals surface area contributed by atoms with E-state index in [-0.39, 0.29) is 11.8 Å². The molecule has 0 fully saturated rings. The molecule has 2 heterocycles. The molecule has 0 bridgehead atoms. The number of rotatable bonds is 2. The predicted molar refractivity (Wildman–Crippen MR) is 75.6 cm³/mol. The molecule has 3 rings (SSSR count). The molecule has 5 nitrogen and oxygen atoms in total. The van der Waals surface area contributed by atoms with Gasteiger partial charge in [0.25, 0.3) is 0 Å². The maximum Gasteiger partial charge on any atom is 0.235 e. The summed E-state index contributed by atoms with van der Waals surface area (Å²) in [6, 6.07) is 8.28. The maximum absolute atomic E-state index is 5.78. The van der Waals surface area contributed by atoms with Crippen LogP contribution in [0.2, 0.25) is 0 Å². The van der Waals surface area contributed by atoms with Crippen LogP contribution in [0, 0.1) is 0 Å². The average Bonchev–Trinajstić information content (AvgIpc) is 2.46. The summed E-state index contributed by atoms with van der Waals surface area (Å²) < 4.78 is 0. The Bertz CT molecular complexity index is 601. The summed E-state index contributed by atoms with van der Waals surface area (Å²) in [4.78, 5) is 14.7. The van der Waals surface area contributed by atoms with Crippen LogP contribution in [0.3, 0.4) is 0 Å². The molecule has 98 valence electrons. The van der Waals surface area contributed by atoms with Crippen molar-refractivity contribution in [2.75, 3.05) is 17.2 Å². The largest absolute Gasteiger partial charge is 0.368 e. The lowest BCUT2D eigenvalue weighted by Gasteiger charge is -2.29. The second-order valence-electron chi connectivity index (χ2n) is 4.43. The predicted octanol–water partition coefficient (Wildman–Crippen LogP) is 2.28. The van der Waals surface area contributed by atoms with Gasteiger partial charge in [0.15, 0.2) is 5.82 Å². The summed E-state index contributed by atoms with van der Waals surface area (Å²) >= 11 is 5.78. The number of nitrogens with zero attached hydrogens (tertiary/aromatic N) is 4. The minimum absolute atomic E-state index is 0.212. The number of nitrogen functional groups attached to an aromatic ring is 1. The molecule has 2 N–H and O–H groups in total. The lowest BCUT2D eigenvalue weighted by atomic mass is 10.0. The van der Waals surface area contributed by atoms with Gasteiger partial charge in [-0.05, 0) is 24.5 Å². The smallest absolute Gasteiger partial charge is 0.235 e. The molecule has 0 unspecified atom stereocenters. The Morgan fingerprint density at radius 3 is 2.89 bits per heavy atom. The average molecular weight is 276 g/mol. The normalized spacial score (nSPS) is 14.3. The topological polar surface area (TPSA) is 67.9 Å².